The second kappa shape index (κ2) is 48.1. The summed E-state index contributed by atoms with van der Waals surface area (Å²) in [4.78, 5) is 13.8. The Labute approximate surface area is 743 Å². The summed E-state index contributed by atoms with van der Waals surface area (Å²) in [6, 6.07) is 78.0. The molecule has 0 radical (unpaired) electrons. The van der Waals surface area contributed by atoms with E-state index < -0.39 is 47.0 Å². The quantitative estimate of drug-likeness (QED) is 0.102. The van der Waals surface area contributed by atoms with Crippen molar-refractivity contribution in [3.8, 4) is 51.1 Å². The van der Waals surface area contributed by atoms with Crippen molar-refractivity contribution in [2.45, 2.75) is 264 Å². The Balaban J connectivity index is 0.000000257. The lowest BCUT2D eigenvalue weighted by Crippen LogP contribution is -2.17. The largest absolute Gasteiger partial charge is 0.417 e. The summed E-state index contributed by atoms with van der Waals surface area (Å²) in [6.07, 6.45) is -18.5. The van der Waals surface area contributed by atoms with Crippen molar-refractivity contribution >= 4 is 0 Å². The molecule has 672 valence electrons. The number of halogens is 12. The van der Waals surface area contributed by atoms with Gasteiger partial charge in [-0.05, 0) is 243 Å². The van der Waals surface area contributed by atoms with Gasteiger partial charge in [0, 0.05) is 17.0 Å². The average molecular weight is 1730 g/mol. The second-order valence-electron chi connectivity index (χ2n) is 34.9. The van der Waals surface area contributed by atoms with E-state index in [1.807, 2.05) is 88.4 Å². The molecule has 12 rings (SSSR count). The zero-order chi connectivity index (χ0) is 94.6. The lowest BCUT2D eigenvalue weighted by atomic mass is 9.82. The molecule has 0 unspecified atom stereocenters. The topological polar surface area (TPSA) is 62.5 Å². The SMILES string of the molecule is CC(C)c1cc(C#N)cc(C(C)C)c1C(C)C.CC(C)c1ccc(C(F)(F)F)c(C(F)(F)F)c1.CC(C)c1ccccc1-c1ccccc1.CC(C)c1nc(-c2ccccc2)nc(-c2ccccc2)n1.Cc1cc(-c2ccccc2)cc(C(C)C)c1.Cc1cc(C(F)(F)F)cc(C)c1C(C)C.Cc1cc(C(F)(F)F)ccc1C(C)C.Cc1cccc(C)c1C(C)C. The van der Waals surface area contributed by atoms with E-state index in [9.17, 15) is 52.7 Å². The Morgan fingerprint density at radius 2 is 0.643 bits per heavy atom. The van der Waals surface area contributed by atoms with Gasteiger partial charge in [-0.2, -0.15) is 57.9 Å². The van der Waals surface area contributed by atoms with Gasteiger partial charge < -0.3 is 0 Å². The average Bonchev–Trinajstić information content (AvgIpc) is 0.861. The molecule has 16 heteroatoms. The van der Waals surface area contributed by atoms with E-state index in [0.29, 0.717) is 53.2 Å². The fourth-order valence-electron chi connectivity index (χ4n) is 15.0. The monoisotopic (exact) mass is 1730 g/mol. The third kappa shape index (κ3) is 32.2. The van der Waals surface area contributed by atoms with Crippen LogP contribution in [0.5, 0.6) is 0 Å². The first-order valence-corrected chi connectivity index (χ1v) is 43.2. The van der Waals surface area contributed by atoms with Crippen LogP contribution in [-0.2, 0) is 24.7 Å². The summed E-state index contributed by atoms with van der Waals surface area (Å²) in [5.41, 5.74) is 20.7. The van der Waals surface area contributed by atoms with E-state index in [-0.39, 0.29) is 29.2 Å². The van der Waals surface area contributed by atoms with Crippen molar-refractivity contribution in [1.29, 1.82) is 5.26 Å². The normalized spacial score (nSPS) is 11.5. The zero-order valence-electron chi connectivity index (χ0n) is 78.2. The van der Waals surface area contributed by atoms with E-state index in [1.165, 1.54) is 90.5 Å². The van der Waals surface area contributed by atoms with Crippen molar-refractivity contribution in [2.24, 2.45) is 0 Å². The fraction of sp³-hybridized carbons (Fsp3) is 0.364. The maximum Gasteiger partial charge on any atom is 0.417 e. The molecule has 1 aromatic heterocycles. The van der Waals surface area contributed by atoms with Gasteiger partial charge in [0.25, 0.3) is 0 Å². The van der Waals surface area contributed by atoms with Gasteiger partial charge in [-0.1, -0.05) is 338 Å². The number of hydrogen-bond acceptors (Lipinski definition) is 4. The minimum absolute atomic E-state index is 0.227. The van der Waals surface area contributed by atoms with E-state index in [4.69, 9.17) is 5.26 Å². The molecule has 0 aliphatic rings. The molecule has 0 N–H and O–H groups in total. The number of aromatic nitrogens is 3. The first-order valence-electron chi connectivity index (χ1n) is 43.2. The third-order valence-corrected chi connectivity index (χ3v) is 21.1. The van der Waals surface area contributed by atoms with Crippen LogP contribution < -0.4 is 0 Å². The molecule has 0 saturated carbocycles. The fourth-order valence-corrected chi connectivity index (χ4v) is 15.0. The molecule has 0 bridgehead atoms. The standard InChI is InChI=1S/C18H17N3.C16H23N.C16H18.C15H16.C12H15F3.C11H10F6.C11H13F3.C11H16/c1-13(2)16-19-17(14-9-5-3-6-10-14)21-18(20-16)15-11-7-4-8-12-15;1-10(2)14-7-13(9-17)8-15(11(3)4)16(14)12(5)6;1-12(2)15-9-13(3)10-16(11-15)14-7-5-4-6-8-14;1-12(2)14-10-6-7-11-15(14)13-8-4-3-5-9-13;1-7(2)11-8(3)5-10(6-9(11)4)12(13,14)15;1-6(2)7-3-4-8(10(12,13)14)9(5-7)11(15,16)17;1-7(2)10-5-4-9(6-8(10)3)11(12,13)14;1-8(2)11-9(3)6-5-7-10(11)4/h3-13H,1-2H3;7-8,10-12H,1-6H3;4-12H,1-3H3;3-12H,1-2H3;5-7H,1-4H3;3-6H,1-2H3;4-7H,1-3H3;5-8H,1-4H3. The number of nitrogens with zero attached hydrogens (tertiary/aromatic N) is 4. The van der Waals surface area contributed by atoms with Crippen LogP contribution >= 0.6 is 0 Å². The van der Waals surface area contributed by atoms with Crippen LogP contribution in [0.15, 0.2) is 243 Å². The van der Waals surface area contributed by atoms with Gasteiger partial charge in [-0.25, -0.2) is 15.0 Å². The number of rotatable bonds is 14. The van der Waals surface area contributed by atoms with Gasteiger partial charge in [0.05, 0.1) is 33.9 Å². The van der Waals surface area contributed by atoms with Gasteiger partial charge in [0.2, 0.25) is 0 Å². The Bertz CT molecular complexity index is 5260. The van der Waals surface area contributed by atoms with Gasteiger partial charge in [-0.15, -0.1) is 0 Å². The predicted molar refractivity (Wildman–Crippen MR) is 501 cm³/mol. The first-order chi connectivity index (χ1) is 58.8. The lowest BCUT2D eigenvalue weighted by Gasteiger charge is -2.22. The van der Waals surface area contributed by atoms with Crippen molar-refractivity contribution in [3.05, 3.63) is 360 Å². The summed E-state index contributed by atoms with van der Waals surface area (Å²) in [5, 5.41) is 9.13. The van der Waals surface area contributed by atoms with E-state index >= 15 is 0 Å². The molecular weight excluding hydrogens is 1610 g/mol. The zero-order valence-corrected chi connectivity index (χ0v) is 78.2. The Morgan fingerprint density at radius 3 is 1.01 bits per heavy atom. The summed E-state index contributed by atoms with van der Waals surface area (Å²) in [5.74, 6) is 6.05. The van der Waals surface area contributed by atoms with Crippen molar-refractivity contribution in [1.82, 2.24) is 15.0 Å². The maximum atomic E-state index is 12.5. The highest BCUT2D eigenvalue weighted by Gasteiger charge is 2.43. The smallest absolute Gasteiger partial charge is 0.213 e. The van der Waals surface area contributed by atoms with E-state index in [2.05, 4.69) is 272 Å². The Hall–Kier alpha value is -10.9. The number of benzene rings is 11. The van der Waals surface area contributed by atoms with Crippen LogP contribution in [0, 0.1) is 52.9 Å². The molecule has 4 nitrogen and oxygen atoms in total. The molecule has 0 spiro atoms. The van der Waals surface area contributed by atoms with Crippen LogP contribution in [0.4, 0.5) is 52.7 Å². The van der Waals surface area contributed by atoms with E-state index in [1.54, 1.807) is 40.7 Å². The molecule has 12 aromatic rings. The highest BCUT2D eigenvalue weighted by Crippen LogP contribution is 2.43. The number of aryl methyl sites for hydroxylation is 6. The number of hydrogen-bond donors (Lipinski definition) is 0. The number of nitriles is 1. The highest BCUT2D eigenvalue weighted by molar-refractivity contribution is 5.68. The summed E-state index contributed by atoms with van der Waals surface area (Å²) >= 11 is 0. The predicted octanol–water partition coefficient (Wildman–Crippen LogP) is 35.4. The van der Waals surface area contributed by atoms with Crippen molar-refractivity contribution < 1.29 is 52.7 Å². The van der Waals surface area contributed by atoms with Crippen LogP contribution in [0.25, 0.3) is 45.0 Å². The molecule has 126 heavy (non-hydrogen) atoms. The molecule has 1 heterocycles. The van der Waals surface area contributed by atoms with Gasteiger partial charge in [-0.3, -0.25) is 0 Å². The van der Waals surface area contributed by atoms with Crippen LogP contribution in [-0.4, -0.2) is 15.0 Å². The molecular formula is C110H128F12N4. The molecule has 0 aliphatic heterocycles. The lowest BCUT2D eigenvalue weighted by molar-refractivity contribution is -0.162. The Morgan fingerprint density at radius 1 is 0.254 bits per heavy atom. The molecule has 0 atom stereocenters. The van der Waals surface area contributed by atoms with Crippen LogP contribution in [0.2, 0.25) is 0 Å². The maximum absolute atomic E-state index is 12.5. The van der Waals surface area contributed by atoms with Crippen LogP contribution in [0.1, 0.15) is 315 Å². The summed E-state index contributed by atoms with van der Waals surface area (Å²) in [7, 11) is 0. The molecule has 0 aliphatic carbocycles. The Kier molecular flexibility index (Phi) is 40.4. The van der Waals surface area contributed by atoms with Crippen molar-refractivity contribution in [2.75, 3.05) is 0 Å². The van der Waals surface area contributed by atoms with Gasteiger partial charge >= 0.3 is 24.7 Å². The molecule has 0 saturated heterocycles. The molecule has 11 aromatic carbocycles. The van der Waals surface area contributed by atoms with Gasteiger partial charge in [0.15, 0.2) is 11.6 Å². The first kappa shape index (κ1) is 106. The minimum Gasteiger partial charge on any atom is -0.213 e. The third-order valence-electron chi connectivity index (χ3n) is 21.1. The van der Waals surface area contributed by atoms with Crippen LogP contribution in [0.3, 0.4) is 0 Å². The highest BCUT2D eigenvalue weighted by atomic mass is 19.4. The number of alkyl halides is 12. The summed E-state index contributed by atoms with van der Waals surface area (Å²) < 4.78 is 149. The molecule has 0 fully saturated rings. The van der Waals surface area contributed by atoms with E-state index in [0.717, 1.165) is 68.6 Å². The minimum atomic E-state index is -5.00. The van der Waals surface area contributed by atoms with Crippen molar-refractivity contribution in [3.63, 3.8) is 0 Å². The summed E-state index contributed by atoms with van der Waals surface area (Å²) in [6.45, 7) is 53.8. The van der Waals surface area contributed by atoms with Gasteiger partial charge in [0.1, 0.15) is 5.82 Å². The molecule has 0 amide bonds. The second-order valence-corrected chi connectivity index (χ2v) is 34.9.